The number of hydrogen-bond acceptors (Lipinski definition) is 3. The van der Waals surface area contributed by atoms with Crippen molar-refractivity contribution in [2.75, 3.05) is 40.8 Å². The van der Waals surface area contributed by atoms with Gasteiger partial charge in [0, 0.05) is 53.2 Å². The quantitative estimate of drug-likeness (QED) is 0.391. The molecule has 2 unspecified atom stereocenters. The largest absolute Gasteiger partial charge is 0.355 e. The zero-order valence-corrected chi connectivity index (χ0v) is 19.9. The fourth-order valence-electron chi connectivity index (χ4n) is 4.67. The molecule has 7 nitrogen and oxygen atoms in total. The number of nitrogens with zero attached hydrogens (tertiary/aromatic N) is 5. The number of carbonyl (C=O) groups is 1. The molecule has 0 spiro atoms. The third-order valence-electron chi connectivity index (χ3n) is 6.34. The Bertz CT molecular complexity index is 654. The summed E-state index contributed by atoms with van der Waals surface area (Å²) in [5.41, 5.74) is -0.285. The molecule has 8 heteroatoms. The van der Waals surface area contributed by atoms with Crippen LogP contribution in [0.1, 0.15) is 45.1 Å². The van der Waals surface area contributed by atoms with Gasteiger partial charge in [0.1, 0.15) is 0 Å². The maximum Gasteiger partial charge on any atom is 0.230 e. The van der Waals surface area contributed by atoms with Crippen LogP contribution in [-0.4, -0.2) is 72.0 Å². The van der Waals surface area contributed by atoms with Crippen molar-refractivity contribution in [2.24, 2.45) is 16.3 Å². The van der Waals surface area contributed by atoms with Gasteiger partial charge in [0.05, 0.1) is 17.8 Å². The van der Waals surface area contributed by atoms with Gasteiger partial charge in [0.2, 0.25) is 5.91 Å². The zero-order chi connectivity index (χ0) is 19.4. The molecule has 2 heterocycles. The van der Waals surface area contributed by atoms with E-state index in [0.29, 0.717) is 18.5 Å². The monoisotopic (exact) mass is 502 g/mol. The van der Waals surface area contributed by atoms with Crippen molar-refractivity contribution >= 4 is 35.8 Å². The van der Waals surface area contributed by atoms with Gasteiger partial charge in [-0.3, -0.25) is 9.79 Å². The fraction of sp³-hybridized carbons (Fsp3) is 0.750. The van der Waals surface area contributed by atoms with Gasteiger partial charge in [0.25, 0.3) is 0 Å². The van der Waals surface area contributed by atoms with Gasteiger partial charge in [-0.05, 0) is 25.2 Å². The number of guanidine groups is 1. The molecule has 1 saturated heterocycles. The summed E-state index contributed by atoms with van der Waals surface area (Å²) in [5, 5.41) is 3.54. The van der Waals surface area contributed by atoms with Gasteiger partial charge < -0.3 is 19.7 Å². The molecular weight excluding hydrogens is 467 g/mol. The standard InChI is InChI=1S/C20H34N6O.HI/c1-16-7-11-25(13-17(16)26-12-10-22-15-26)19(21-2)23-14-20(8-5-6-9-20)18(27)24(3)4;/h10,12,15-17H,5-9,11,13-14H2,1-4H3,(H,21,23);1H. The Morgan fingerprint density at radius 3 is 2.64 bits per heavy atom. The average Bonchev–Trinajstić information content (AvgIpc) is 3.35. The Labute approximate surface area is 186 Å². The summed E-state index contributed by atoms with van der Waals surface area (Å²) in [6.45, 7) is 4.87. The average molecular weight is 502 g/mol. The maximum absolute atomic E-state index is 12.8. The molecule has 0 radical (unpaired) electrons. The molecule has 1 aromatic rings. The number of nitrogens with one attached hydrogen (secondary N) is 1. The number of likely N-dealkylation sites (tertiary alicyclic amines) is 1. The van der Waals surface area contributed by atoms with Crippen LogP contribution in [0.15, 0.2) is 23.7 Å². The molecular formula is C20H35IN6O. The second-order valence-electron chi connectivity index (χ2n) is 8.38. The number of piperidine rings is 1. The molecule has 28 heavy (non-hydrogen) atoms. The van der Waals surface area contributed by atoms with Crippen molar-refractivity contribution < 1.29 is 4.79 Å². The highest BCUT2D eigenvalue weighted by atomic mass is 127. The summed E-state index contributed by atoms with van der Waals surface area (Å²) < 4.78 is 2.21. The molecule has 2 aliphatic rings. The van der Waals surface area contributed by atoms with E-state index in [2.05, 4.69) is 31.7 Å². The van der Waals surface area contributed by atoms with Gasteiger partial charge in [0.15, 0.2) is 5.96 Å². The minimum atomic E-state index is -0.285. The van der Waals surface area contributed by atoms with Crippen molar-refractivity contribution in [3.8, 4) is 0 Å². The Kier molecular flexibility index (Phi) is 8.15. The normalized spacial score (nSPS) is 24.6. The molecule has 1 saturated carbocycles. The second kappa shape index (κ2) is 9.93. The topological polar surface area (TPSA) is 65.8 Å². The summed E-state index contributed by atoms with van der Waals surface area (Å²) in [5.74, 6) is 1.75. The molecule has 1 N–H and O–H groups in total. The van der Waals surface area contributed by atoms with Crippen LogP contribution < -0.4 is 5.32 Å². The molecule has 1 aliphatic carbocycles. The van der Waals surface area contributed by atoms with E-state index < -0.39 is 0 Å². The van der Waals surface area contributed by atoms with Crippen LogP contribution in [0.2, 0.25) is 0 Å². The minimum Gasteiger partial charge on any atom is -0.355 e. The smallest absolute Gasteiger partial charge is 0.230 e. The molecule has 1 aliphatic heterocycles. The molecule has 3 rings (SSSR count). The van der Waals surface area contributed by atoms with Crippen molar-refractivity contribution in [3.05, 3.63) is 18.7 Å². The van der Waals surface area contributed by atoms with E-state index in [1.165, 1.54) is 0 Å². The van der Waals surface area contributed by atoms with Crippen LogP contribution in [-0.2, 0) is 4.79 Å². The molecule has 158 valence electrons. The summed E-state index contributed by atoms with van der Waals surface area (Å²) in [7, 11) is 5.56. The van der Waals surface area contributed by atoms with E-state index in [1.807, 2.05) is 39.9 Å². The van der Waals surface area contributed by atoms with Gasteiger partial charge in [-0.15, -0.1) is 24.0 Å². The van der Waals surface area contributed by atoms with Crippen molar-refractivity contribution in [1.29, 1.82) is 0 Å². The van der Waals surface area contributed by atoms with E-state index >= 15 is 0 Å². The van der Waals surface area contributed by atoms with Crippen LogP contribution in [0.5, 0.6) is 0 Å². The summed E-state index contributed by atoms with van der Waals surface area (Å²) in [4.78, 5) is 25.6. The molecule has 2 atom stereocenters. The van der Waals surface area contributed by atoms with Crippen molar-refractivity contribution in [3.63, 3.8) is 0 Å². The predicted octanol–water partition coefficient (Wildman–Crippen LogP) is 2.61. The lowest BCUT2D eigenvalue weighted by Crippen LogP contribution is -2.53. The van der Waals surface area contributed by atoms with Gasteiger partial charge >= 0.3 is 0 Å². The lowest BCUT2D eigenvalue weighted by molar-refractivity contribution is -0.138. The van der Waals surface area contributed by atoms with E-state index in [-0.39, 0.29) is 35.3 Å². The Balaban J connectivity index is 0.00000280. The second-order valence-corrected chi connectivity index (χ2v) is 8.38. The third kappa shape index (κ3) is 4.80. The first-order valence-corrected chi connectivity index (χ1v) is 10.1. The number of carbonyl (C=O) groups excluding carboxylic acids is 1. The van der Waals surface area contributed by atoms with E-state index in [4.69, 9.17) is 0 Å². The maximum atomic E-state index is 12.8. The number of halogens is 1. The predicted molar refractivity (Wildman–Crippen MR) is 123 cm³/mol. The van der Waals surface area contributed by atoms with Crippen LogP contribution in [0, 0.1) is 11.3 Å². The van der Waals surface area contributed by atoms with Crippen LogP contribution in [0.25, 0.3) is 0 Å². The van der Waals surface area contributed by atoms with Gasteiger partial charge in [-0.25, -0.2) is 4.98 Å². The molecule has 1 amide bonds. The highest BCUT2D eigenvalue weighted by Gasteiger charge is 2.42. The van der Waals surface area contributed by atoms with E-state index in [1.54, 1.807) is 4.90 Å². The summed E-state index contributed by atoms with van der Waals surface area (Å²) in [6.07, 6.45) is 11.1. The first-order chi connectivity index (χ1) is 13.0. The van der Waals surface area contributed by atoms with Crippen LogP contribution in [0.4, 0.5) is 0 Å². The van der Waals surface area contributed by atoms with E-state index in [0.717, 1.165) is 51.2 Å². The van der Waals surface area contributed by atoms with Gasteiger partial charge in [-0.2, -0.15) is 0 Å². The minimum absolute atomic E-state index is 0. The Morgan fingerprint density at radius 1 is 1.36 bits per heavy atom. The Hall–Kier alpha value is -1.32. The molecule has 0 bridgehead atoms. The van der Waals surface area contributed by atoms with Crippen LogP contribution in [0.3, 0.4) is 0 Å². The lowest BCUT2D eigenvalue weighted by atomic mass is 9.84. The Morgan fingerprint density at radius 2 is 2.07 bits per heavy atom. The number of imidazole rings is 1. The number of aromatic nitrogens is 2. The molecule has 2 fully saturated rings. The highest BCUT2D eigenvalue weighted by Crippen LogP contribution is 2.39. The van der Waals surface area contributed by atoms with Gasteiger partial charge in [-0.1, -0.05) is 19.8 Å². The number of aliphatic imine (C=N–C) groups is 1. The molecule has 1 aromatic heterocycles. The van der Waals surface area contributed by atoms with Crippen molar-refractivity contribution in [1.82, 2.24) is 24.7 Å². The highest BCUT2D eigenvalue weighted by molar-refractivity contribution is 14.0. The summed E-state index contributed by atoms with van der Waals surface area (Å²) in [6, 6.07) is 0.392. The lowest BCUT2D eigenvalue weighted by Gasteiger charge is -2.40. The first kappa shape index (κ1) is 23.0. The molecule has 0 aromatic carbocycles. The van der Waals surface area contributed by atoms with Crippen molar-refractivity contribution in [2.45, 2.75) is 45.1 Å². The SMILES string of the molecule is CN=C(NCC1(C(=O)N(C)C)CCCC1)N1CCC(C)C(n2ccnc2)C1.I. The van der Waals surface area contributed by atoms with E-state index in [9.17, 15) is 4.79 Å². The fourth-order valence-corrected chi connectivity index (χ4v) is 4.67. The summed E-state index contributed by atoms with van der Waals surface area (Å²) >= 11 is 0. The van der Waals surface area contributed by atoms with Crippen LogP contribution >= 0.6 is 24.0 Å². The zero-order valence-electron chi connectivity index (χ0n) is 17.6. The number of amides is 1. The first-order valence-electron chi connectivity index (χ1n) is 10.1. The third-order valence-corrected chi connectivity index (χ3v) is 6.34. The number of rotatable bonds is 4. The number of hydrogen-bond donors (Lipinski definition) is 1.